The van der Waals surface area contributed by atoms with Crippen LogP contribution >= 0.6 is 22.7 Å². The zero-order valence-corrected chi connectivity index (χ0v) is 10.4. The van der Waals surface area contributed by atoms with Gasteiger partial charge in [0.1, 0.15) is 10.7 Å². The third-order valence-electron chi connectivity index (χ3n) is 2.10. The van der Waals surface area contributed by atoms with E-state index < -0.39 is 0 Å². The molecule has 2 heterocycles. The summed E-state index contributed by atoms with van der Waals surface area (Å²) in [6, 6.07) is 0. The van der Waals surface area contributed by atoms with Gasteiger partial charge in [0.05, 0.1) is 11.2 Å². The first-order valence-corrected chi connectivity index (χ1v) is 6.62. The summed E-state index contributed by atoms with van der Waals surface area (Å²) in [5.74, 6) is 0. The van der Waals surface area contributed by atoms with Crippen LogP contribution in [0.25, 0.3) is 10.7 Å². The van der Waals surface area contributed by atoms with Gasteiger partial charge < -0.3 is 5.32 Å². The molecule has 3 nitrogen and oxygen atoms in total. The maximum atomic E-state index is 4.61. The Hall–Kier alpha value is -0.780. The van der Waals surface area contributed by atoms with Gasteiger partial charge in [0.25, 0.3) is 0 Å². The zero-order valence-electron chi connectivity index (χ0n) is 8.78. The maximum Gasteiger partial charge on any atom is 0.143 e. The van der Waals surface area contributed by atoms with Gasteiger partial charge in [-0.05, 0) is 13.5 Å². The fourth-order valence-electron chi connectivity index (χ4n) is 1.39. The lowest BCUT2D eigenvalue weighted by Crippen LogP contribution is -2.05. The first-order valence-electron chi connectivity index (χ1n) is 4.87. The molecule has 5 heteroatoms. The number of hydrogen-bond acceptors (Lipinski definition) is 5. The van der Waals surface area contributed by atoms with Gasteiger partial charge in [0.15, 0.2) is 0 Å². The molecule has 2 aromatic rings. The molecule has 0 fully saturated rings. The molecule has 1 N–H and O–H groups in total. The first kappa shape index (κ1) is 10.7. The lowest BCUT2D eigenvalue weighted by Gasteiger charge is -1.96. The topological polar surface area (TPSA) is 37.8 Å². The molecule has 0 aliphatic heterocycles. The zero-order chi connectivity index (χ0) is 10.7. The number of nitrogens with one attached hydrogen (secondary N) is 1. The number of thiazole rings is 2. The summed E-state index contributed by atoms with van der Waals surface area (Å²) in [5, 5.41) is 6.25. The van der Waals surface area contributed by atoms with E-state index in [9.17, 15) is 0 Å². The standard InChI is InChI=1S/C10H13N3S2/c1-3-7-9(4-11-2)15-10(13-7)8-5-14-6-12-8/h5-6,11H,3-4H2,1-2H3. The summed E-state index contributed by atoms with van der Waals surface area (Å²) in [5.41, 5.74) is 4.04. The molecule has 0 amide bonds. The van der Waals surface area contributed by atoms with Crippen LogP contribution in [0.15, 0.2) is 10.9 Å². The third-order valence-corrected chi connectivity index (χ3v) is 3.81. The predicted molar refractivity (Wildman–Crippen MR) is 65.4 cm³/mol. The molecule has 0 aliphatic carbocycles. The van der Waals surface area contributed by atoms with E-state index in [0.717, 1.165) is 23.7 Å². The molecule has 0 saturated heterocycles. The first-order chi connectivity index (χ1) is 7.35. The van der Waals surface area contributed by atoms with Gasteiger partial charge in [-0.2, -0.15) is 0 Å². The minimum Gasteiger partial charge on any atom is -0.315 e. The Morgan fingerprint density at radius 1 is 1.47 bits per heavy atom. The molecule has 2 rings (SSSR count). The molecule has 0 aliphatic rings. The lowest BCUT2D eigenvalue weighted by atomic mass is 10.3. The minimum atomic E-state index is 0.894. The van der Waals surface area contributed by atoms with E-state index >= 15 is 0 Å². The van der Waals surface area contributed by atoms with Crippen molar-refractivity contribution in [1.29, 1.82) is 0 Å². The Morgan fingerprint density at radius 2 is 2.33 bits per heavy atom. The summed E-state index contributed by atoms with van der Waals surface area (Å²) in [4.78, 5) is 10.2. The summed E-state index contributed by atoms with van der Waals surface area (Å²) < 4.78 is 0. The van der Waals surface area contributed by atoms with Gasteiger partial charge in [-0.25, -0.2) is 9.97 Å². The lowest BCUT2D eigenvalue weighted by molar-refractivity contribution is 0.814. The van der Waals surface area contributed by atoms with Crippen LogP contribution in [0, 0.1) is 0 Å². The van der Waals surface area contributed by atoms with E-state index in [1.807, 2.05) is 17.9 Å². The molecule has 0 aromatic carbocycles. The third kappa shape index (κ3) is 2.25. The average Bonchev–Trinajstić information content (AvgIpc) is 2.84. The van der Waals surface area contributed by atoms with E-state index in [-0.39, 0.29) is 0 Å². The monoisotopic (exact) mass is 239 g/mol. The second-order valence-corrected chi connectivity index (χ2v) is 4.95. The van der Waals surface area contributed by atoms with E-state index in [0.29, 0.717) is 0 Å². The van der Waals surface area contributed by atoms with Crippen LogP contribution in [0.1, 0.15) is 17.5 Å². The molecule has 0 bridgehead atoms. The van der Waals surface area contributed by atoms with Crippen molar-refractivity contribution in [3.63, 3.8) is 0 Å². The number of rotatable bonds is 4. The average molecular weight is 239 g/mol. The van der Waals surface area contributed by atoms with Gasteiger partial charge in [0.2, 0.25) is 0 Å². The molecule has 0 saturated carbocycles. The predicted octanol–water partition coefficient (Wildman–Crippen LogP) is 2.55. The largest absolute Gasteiger partial charge is 0.315 e. The molecule has 15 heavy (non-hydrogen) atoms. The smallest absolute Gasteiger partial charge is 0.143 e. The van der Waals surface area contributed by atoms with E-state index in [1.54, 1.807) is 22.7 Å². The highest BCUT2D eigenvalue weighted by molar-refractivity contribution is 7.15. The Labute approximate surface area is 97.2 Å². The van der Waals surface area contributed by atoms with Crippen molar-refractivity contribution in [1.82, 2.24) is 15.3 Å². The molecule has 0 unspecified atom stereocenters. The molecular weight excluding hydrogens is 226 g/mol. The fourth-order valence-corrected chi connectivity index (χ4v) is 3.13. The van der Waals surface area contributed by atoms with Gasteiger partial charge in [-0.1, -0.05) is 6.92 Å². The van der Waals surface area contributed by atoms with Crippen molar-refractivity contribution in [2.45, 2.75) is 19.9 Å². The van der Waals surface area contributed by atoms with Crippen molar-refractivity contribution in [3.05, 3.63) is 21.5 Å². The van der Waals surface area contributed by atoms with Crippen molar-refractivity contribution >= 4 is 22.7 Å². The van der Waals surface area contributed by atoms with Crippen LogP contribution in [0.3, 0.4) is 0 Å². The Balaban J connectivity index is 2.34. The number of hydrogen-bond donors (Lipinski definition) is 1. The molecular formula is C10H13N3S2. The molecule has 0 atom stereocenters. The second-order valence-electron chi connectivity index (χ2n) is 3.15. The summed E-state index contributed by atoms with van der Waals surface area (Å²) in [7, 11) is 1.96. The summed E-state index contributed by atoms with van der Waals surface area (Å²) >= 11 is 3.35. The quantitative estimate of drug-likeness (QED) is 0.891. The highest BCUT2D eigenvalue weighted by atomic mass is 32.1. The van der Waals surface area contributed by atoms with Crippen molar-refractivity contribution < 1.29 is 0 Å². The van der Waals surface area contributed by atoms with Crippen LogP contribution in [0.4, 0.5) is 0 Å². The van der Waals surface area contributed by atoms with E-state index in [2.05, 4.69) is 22.2 Å². The van der Waals surface area contributed by atoms with Gasteiger partial charge in [0, 0.05) is 16.8 Å². The Morgan fingerprint density at radius 3 is 2.93 bits per heavy atom. The van der Waals surface area contributed by atoms with Crippen LogP contribution in [0.2, 0.25) is 0 Å². The Bertz CT molecular complexity index is 420. The number of aromatic nitrogens is 2. The van der Waals surface area contributed by atoms with Crippen LogP contribution < -0.4 is 5.32 Å². The van der Waals surface area contributed by atoms with Gasteiger partial charge in [-0.3, -0.25) is 0 Å². The van der Waals surface area contributed by atoms with Gasteiger partial charge in [-0.15, -0.1) is 22.7 Å². The number of aryl methyl sites for hydroxylation is 1. The van der Waals surface area contributed by atoms with Crippen molar-refractivity contribution in [3.8, 4) is 10.7 Å². The summed E-state index contributed by atoms with van der Waals surface area (Å²) in [6.45, 7) is 3.03. The van der Waals surface area contributed by atoms with Crippen LogP contribution in [-0.4, -0.2) is 17.0 Å². The van der Waals surface area contributed by atoms with E-state index in [4.69, 9.17) is 0 Å². The minimum absolute atomic E-state index is 0.894. The van der Waals surface area contributed by atoms with Gasteiger partial charge >= 0.3 is 0 Å². The second kappa shape index (κ2) is 4.83. The van der Waals surface area contributed by atoms with Crippen LogP contribution in [0.5, 0.6) is 0 Å². The van der Waals surface area contributed by atoms with Crippen molar-refractivity contribution in [2.24, 2.45) is 0 Å². The molecule has 0 spiro atoms. The number of nitrogens with zero attached hydrogens (tertiary/aromatic N) is 2. The molecule has 2 aromatic heterocycles. The highest BCUT2D eigenvalue weighted by Crippen LogP contribution is 2.28. The van der Waals surface area contributed by atoms with Crippen LogP contribution in [-0.2, 0) is 13.0 Å². The van der Waals surface area contributed by atoms with E-state index in [1.165, 1.54) is 10.6 Å². The SMILES string of the molecule is CCc1nc(-c2cscn2)sc1CNC. The Kier molecular flexibility index (Phi) is 3.45. The highest BCUT2D eigenvalue weighted by Gasteiger charge is 2.11. The maximum absolute atomic E-state index is 4.61. The normalized spacial score (nSPS) is 10.8. The molecule has 0 radical (unpaired) electrons. The fraction of sp³-hybridized carbons (Fsp3) is 0.400. The summed E-state index contributed by atoms with van der Waals surface area (Å²) in [6.07, 6.45) is 0.984. The molecule has 80 valence electrons. The van der Waals surface area contributed by atoms with Crippen molar-refractivity contribution in [2.75, 3.05) is 7.05 Å².